The van der Waals surface area contributed by atoms with Crippen LogP contribution in [0.3, 0.4) is 0 Å². The molecule has 0 amide bonds. The second-order valence-electron chi connectivity index (χ2n) is 7.47. The Bertz CT molecular complexity index is 456. The Labute approximate surface area is 116 Å². The van der Waals surface area contributed by atoms with E-state index in [1.165, 1.54) is 5.56 Å². The highest BCUT2D eigenvalue weighted by molar-refractivity contribution is 5.41. The Balaban J connectivity index is 2.25. The minimum Gasteiger partial charge on any atom is -0.385 e. The largest absolute Gasteiger partial charge is 0.385 e. The van der Waals surface area contributed by atoms with Gasteiger partial charge in [0.1, 0.15) is 11.9 Å². The van der Waals surface area contributed by atoms with Gasteiger partial charge in [-0.1, -0.05) is 13.8 Å². The molecule has 3 N–H and O–H groups in total. The summed E-state index contributed by atoms with van der Waals surface area (Å²) in [6.45, 7) is 11.0. The molecule has 2 rings (SSSR count). The number of rotatable bonds is 2. The van der Waals surface area contributed by atoms with Crippen molar-refractivity contribution in [2.45, 2.75) is 59.1 Å². The Kier molecular flexibility index (Phi) is 3.43. The number of hydrogen-bond donors (Lipinski definition) is 2. The number of aromatic nitrogens is 1. The van der Waals surface area contributed by atoms with Crippen LogP contribution in [0.1, 0.15) is 58.4 Å². The van der Waals surface area contributed by atoms with Crippen LogP contribution in [0.2, 0.25) is 0 Å². The second kappa shape index (κ2) is 4.53. The first-order chi connectivity index (χ1) is 8.58. The molecule has 0 spiro atoms. The maximum Gasteiger partial charge on any atom is 0.120 e. The van der Waals surface area contributed by atoms with E-state index in [-0.39, 0.29) is 17.1 Å². The van der Waals surface area contributed by atoms with E-state index < -0.39 is 0 Å². The summed E-state index contributed by atoms with van der Waals surface area (Å²) in [5, 5.41) is 1.94. The lowest BCUT2D eigenvalue weighted by Crippen LogP contribution is -2.40. The van der Waals surface area contributed by atoms with Gasteiger partial charge in [-0.05, 0) is 50.7 Å². The molecule has 19 heavy (non-hydrogen) atoms. The molecule has 0 bridgehead atoms. The molecule has 1 atom stereocenters. The van der Waals surface area contributed by atoms with E-state index in [0.29, 0.717) is 0 Å². The zero-order valence-corrected chi connectivity index (χ0v) is 13.0. The predicted molar refractivity (Wildman–Crippen MR) is 78.6 cm³/mol. The molecule has 1 aromatic rings. The highest BCUT2D eigenvalue weighted by Gasteiger charge is 2.36. The molecular weight excluding hydrogens is 238 g/mol. The Hall–Kier alpha value is -1.00. The average Bonchev–Trinajstić information content (AvgIpc) is 2.55. The summed E-state index contributed by atoms with van der Waals surface area (Å²) in [4.78, 5) is 9.44. The third-order valence-electron chi connectivity index (χ3n) is 3.91. The fourth-order valence-electron chi connectivity index (χ4n) is 2.60. The number of H-pyrrole nitrogens is 1. The van der Waals surface area contributed by atoms with Gasteiger partial charge in [-0.25, -0.2) is 0 Å². The quantitative estimate of drug-likeness (QED) is 0.807. The number of fused-ring (bicyclic) bond motifs is 1. The van der Waals surface area contributed by atoms with Crippen molar-refractivity contribution in [3.63, 3.8) is 0 Å². The number of nitrogen functional groups attached to an aromatic ring is 1. The van der Waals surface area contributed by atoms with Gasteiger partial charge in [0.25, 0.3) is 0 Å². The van der Waals surface area contributed by atoms with Crippen molar-refractivity contribution in [3.05, 3.63) is 17.3 Å². The van der Waals surface area contributed by atoms with Crippen LogP contribution in [0.5, 0.6) is 0 Å². The first-order valence-corrected chi connectivity index (χ1v) is 6.96. The first-order valence-electron chi connectivity index (χ1n) is 6.96. The number of hydrogen-bond acceptors (Lipinski definition) is 3. The minimum absolute atomic E-state index is 0.0140. The molecule has 0 aliphatic heterocycles. The standard InChI is InChI=1S/C15H27N3O/c1-14(2,3)18(6)19-11-9-15(4,5)8-10-7-12(16)17-13(10)11/h7,11,17H,8-9,16H2,1-6H3. The summed E-state index contributed by atoms with van der Waals surface area (Å²) < 4.78 is 0. The highest BCUT2D eigenvalue weighted by Crippen LogP contribution is 2.43. The van der Waals surface area contributed by atoms with Crippen molar-refractivity contribution < 1.29 is 4.84 Å². The van der Waals surface area contributed by atoms with Crippen molar-refractivity contribution in [2.24, 2.45) is 5.41 Å². The second-order valence-corrected chi connectivity index (χ2v) is 7.47. The third-order valence-corrected chi connectivity index (χ3v) is 3.91. The third kappa shape index (κ3) is 3.12. The molecule has 1 aliphatic carbocycles. The number of hydroxylamine groups is 2. The van der Waals surface area contributed by atoms with Gasteiger partial charge in [0.05, 0.1) is 5.69 Å². The molecule has 0 saturated carbocycles. The van der Waals surface area contributed by atoms with Crippen molar-refractivity contribution in [1.29, 1.82) is 0 Å². The lowest BCUT2D eigenvalue weighted by atomic mass is 9.75. The zero-order chi connectivity index (χ0) is 14.4. The first kappa shape index (κ1) is 14.4. The molecule has 4 nitrogen and oxygen atoms in total. The number of anilines is 1. The maximum atomic E-state index is 6.18. The minimum atomic E-state index is -0.0140. The fourth-order valence-corrected chi connectivity index (χ4v) is 2.60. The molecule has 4 heteroatoms. The lowest BCUT2D eigenvalue weighted by Gasteiger charge is -2.39. The van der Waals surface area contributed by atoms with Gasteiger partial charge in [0.2, 0.25) is 0 Å². The van der Waals surface area contributed by atoms with E-state index in [0.717, 1.165) is 24.4 Å². The van der Waals surface area contributed by atoms with Crippen LogP contribution >= 0.6 is 0 Å². The molecule has 108 valence electrons. The Morgan fingerprint density at radius 1 is 1.42 bits per heavy atom. The molecule has 1 aromatic heterocycles. The van der Waals surface area contributed by atoms with Gasteiger partial charge in [-0.2, -0.15) is 5.06 Å². The molecule has 0 saturated heterocycles. The van der Waals surface area contributed by atoms with Gasteiger partial charge in [0.15, 0.2) is 0 Å². The molecule has 0 fully saturated rings. The number of nitrogens with zero attached hydrogens (tertiary/aromatic N) is 1. The van der Waals surface area contributed by atoms with E-state index in [4.69, 9.17) is 10.6 Å². The number of aromatic amines is 1. The van der Waals surface area contributed by atoms with E-state index in [1.54, 1.807) is 0 Å². The molecule has 0 aromatic carbocycles. The fraction of sp³-hybridized carbons (Fsp3) is 0.733. The normalized spacial score (nSPS) is 22.6. The number of nitrogens with two attached hydrogens (primary N) is 1. The molecule has 1 heterocycles. The monoisotopic (exact) mass is 265 g/mol. The SMILES string of the molecule is CN(OC1CC(C)(C)Cc2cc(N)[nH]c21)C(C)(C)C. The van der Waals surface area contributed by atoms with E-state index >= 15 is 0 Å². The molecule has 0 radical (unpaired) electrons. The van der Waals surface area contributed by atoms with Crippen molar-refractivity contribution >= 4 is 5.82 Å². The zero-order valence-electron chi connectivity index (χ0n) is 13.0. The smallest absolute Gasteiger partial charge is 0.120 e. The van der Waals surface area contributed by atoms with Crippen molar-refractivity contribution in [1.82, 2.24) is 10.0 Å². The van der Waals surface area contributed by atoms with Crippen LogP contribution in [-0.4, -0.2) is 22.6 Å². The van der Waals surface area contributed by atoms with Crippen LogP contribution in [0.25, 0.3) is 0 Å². The summed E-state index contributed by atoms with van der Waals surface area (Å²) in [6, 6.07) is 2.05. The average molecular weight is 265 g/mol. The molecular formula is C15H27N3O. The Morgan fingerprint density at radius 2 is 2.05 bits per heavy atom. The lowest BCUT2D eigenvalue weighted by molar-refractivity contribution is -0.237. The van der Waals surface area contributed by atoms with E-state index in [9.17, 15) is 0 Å². The van der Waals surface area contributed by atoms with Crippen LogP contribution in [0.15, 0.2) is 6.07 Å². The summed E-state index contributed by atoms with van der Waals surface area (Å²) >= 11 is 0. The number of nitrogens with one attached hydrogen (secondary N) is 1. The topological polar surface area (TPSA) is 54.3 Å². The maximum absolute atomic E-state index is 6.18. The van der Waals surface area contributed by atoms with Gasteiger partial charge in [0, 0.05) is 12.6 Å². The summed E-state index contributed by atoms with van der Waals surface area (Å²) in [7, 11) is 1.99. The van der Waals surface area contributed by atoms with Crippen LogP contribution in [0.4, 0.5) is 5.82 Å². The van der Waals surface area contributed by atoms with Gasteiger partial charge in [-0.3, -0.25) is 4.84 Å². The summed E-state index contributed by atoms with van der Waals surface area (Å²) in [5.41, 5.74) is 8.57. The molecule has 1 unspecified atom stereocenters. The van der Waals surface area contributed by atoms with Crippen molar-refractivity contribution in [3.8, 4) is 0 Å². The summed E-state index contributed by atoms with van der Waals surface area (Å²) in [6.07, 6.45) is 2.11. The van der Waals surface area contributed by atoms with Crippen LogP contribution in [-0.2, 0) is 11.3 Å². The molecule has 1 aliphatic rings. The highest BCUT2D eigenvalue weighted by atomic mass is 16.7. The predicted octanol–water partition coefficient (Wildman–Crippen LogP) is 3.27. The van der Waals surface area contributed by atoms with Crippen LogP contribution < -0.4 is 5.73 Å². The summed E-state index contributed by atoms with van der Waals surface area (Å²) in [5.74, 6) is 0.731. The van der Waals surface area contributed by atoms with Crippen molar-refractivity contribution in [2.75, 3.05) is 12.8 Å². The van der Waals surface area contributed by atoms with E-state index in [2.05, 4.69) is 39.6 Å². The van der Waals surface area contributed by atoms with E-state index in [1.807, 2.05) is 18.2 Å². The van der Waals surface area contributed by atoms with Gasteiger partial charge < -0.3 is 10.7 Å². The van der Waals surface area contributed by atoms with Crippen LogP contribution in [0, 0.1) is 5.41 Å². The van der Waals surface area contributed by atoms with Gasteiger partial charge >= 0.3 is 0 Å². The van der Waals surface area contributed by atoms with Gasteiger partial charge in [-0.15, -0.1) is 0 Å². The Morgan fingerprint density at radius 3 is 2.63 bits per heavy atom.